The molecule has 1 aliphatic heterocycles. The lowest BCUT2D eigenvalue weighted by Crippen LogP contribution is -2.31. The Hall–Kier alpha value is -2.60. The van der Waals surface area contributed by atoms with Crippen LogP contribution in [0.1, 0.15) is 20.9 Å². The first-order chi connectivity index (χ1) is 14.3. The van der Waals surface area contributed by atoms with Crippen LogP contribution in [0, 0.1) is 6.92 Å². The summed E-state index contributed by atoms with van der Waals surface area (Å²) >= 11 is 1.08. The van der Waals surface area contributed by atoms with Crippen molar-refractivity contribution in [2.75, 3.05) is 6.61 Å². The van der Waals surface area contributed by atoms with Gasteiger partial charge in [0.1, 0.15) is 31.5 Å². The fourth-order valence-corrected chi connectivity index (χ4v) is 6.22. The molecule has 0 saturated carbocycles. The van der Waals surface area contributed by atoms with Gasteiger partial charge in [-0.15, -0.1) is 11.3 Å². The molecule has 1 aliphatic rings. The van der Waals surface area contributed by atoms with E-state index in [0.717, 1.165) is 34.6 Å². The molecule has 1 aromatic heterocycles. The smallest absolute Gasteiger partial charge is 0.277 e. The minimum atomic E-state index is -4.28. The van der Waals surface area contributed by atoms with Crippen molar-refractivity contribution >= 4 is 38.3 Å². The number of nitrogens with zero attached hydrogens (tertiary/aromatic N) is 1. The summed E-state index contributed by atoms with van der Waals surface area (Å²) in [6, 6.07) is 11.3. The van der Waals surface area contributed by atoms with Crippen LogP contribution in [0.3, 0.4) is 0 Å². The van der Waals surface area contributed by atoms with E-state index >= 15 is 0 Å². The van der Waals surface area contributed by atoms with Gasteiger partial charge >= 0.3 is 0 Å². The molecule has 0 aliphatic carbocycles. The summed E-state index contributed by atoms with van der Waals surface area (Å²) in [7, 11) is -6.30. The summed E-state index contributed by atoms with van der Waals surface area (Å²) in [5, 5.41) is 5.94. The summed E-state index contributed by atoms with van der Waals surface area (Å²) in [4.78, 5) is 16.9. The van der Waals surface area contributed by atoms with Gasteiger partial charge in [0.2, 0.25) is 0 Å². The zero-order valence-corrected chi connectivity index (χ0v) is 18.2. The van der Waals surface area contributed by atoms with Gasteiger partial charge in [0.15, 0.2) is 0 Å². The molecule has 11 heteroatoms. The molecule has 0 saturated heterocycles. The van der Waals surface area contributed by atoms with Gasteiger partial charge in [-0.05, 0) is 30.7 Å². The van der Waals surface area contributed by atoms with Crippen molar-refractivity contribution in [2.45, 2.75) is 23.1 Å². The number of fused-ring (bicyclic) bond motifs is 1. The molecular formula is C19H17N3O5S3. The van der Waals surface area contributed by atoms with Gasteiger partial charge in [-0.1, -0.05) is 24.3 Å². The minimum absolute atomic E-state index is 0.0855. The molecule has 3 aromatic rings. The molecule has 3 N–H and O–H groups in total. The quantitative estimate of drug-likeness (QED) is 0.597. The number of nitrogens with two attached hydrogens (primary N) is 1. The van der Waals surface area contributed by atoms with Gasteiger partial charge < -0.3 is 4.74 Å². The number of carbonyl (C=O) groups excluding carboxylic acids is 1. The van der Waals surface area contributed by atoms with Crippen molar-refractivity contribution in [1.82, 2.24) is 9.71 Å². The normalized spacial score (nSPS) is 14.1. The van der Waals surface area contributed by atoms with Crippen molar-refractivity contribution in [2.24, 2.45) is 5.14 Å². The van der Waals surface area contributed by atoms with Crippen molar-refractivity contribution in [3.8, 4) is 16.3 Å². The molecule has 2 aromatic carbocycles. The summed E-state index contributed by atoms with van der Waals surface area (Å²) in [6.07, 6.45) is 0.854. The fraction of sp³-hybridized carbons (Fsp3) is 0.158. The number of sulfonamides is 1. The number of carbonyl (C=O) groups is 1. The van der Waals surface area contributed by atoms with Crippen molar-refractivity contribution < 1.29 is 22.2 Å². The highest BCUT2D eigenvalue weighted by atomic mass is 32.2. The predicted molar refractivity (Wildman–Crippen MR) is 113 cm³/mol. The van der Waals surface area contributed by atoms with Crippen LogP contribution in [0.5, 0.6) is 5.75 Å². The maximum absolute atomic E-state index is 12.7. The average molecular weight is 464 g/mol. The van der Waals surface area contributed by atoms with E-state index in [-0.39, 0.29) is 14.7 Å². The number of ether oxygens (including phenoxy) is 1. The molecule has 8 nitrogen and oxygen atoms in total. The Kier molecular flexibility index (Phi) is 5.45. The van der Waals surface area contributed by atoms with Gasteiger partial charge in [-0.3, -0.25) is 4.79 Å². The van der Waals surface area contributed by atoms with E-state index in [0.29, 0.717) is 17.3 Å². The van der Waals surface area contributed by atoms with E-state index in [1.165, 1.54) is 24.3 Å². The number of hydrogen-bond acceptors (Lipinski definition) is 7. The van der Waals surface area contributed by atoms with Crippen LogP contribution < -0.4 is 14.6 Å². The predicted octanol–water partition coefficient (Wildman–Crippen LogP) is 2.15. The van der Waals surface area contributed by atoms with Crippen LogP contribution >= 0.6 is 11.3 Å². The molecular weight excluding hydrogens is 446 g/mol. The second kappa shape index (κ2) is 7.91. The SMILES string of the molecule is Cc1nc(-c2ccc3c(c2)OCC3)sc1C(=O)NS(=O)(=O)c1ccccc1S(N)=O. The summed E-state index contributed by atoms with van der Waals surface area (Å²) < 4.78 is 44.7. The topological polar surface area (TPSA) is 128 Å². The third kappa shape index (κ3) is 3.88. The zero-order valence-electron chi connectivity index (χ0n) is 15.7. The largest absolute Gasteiger partial charge is 0.493 e. The number of amides is 1. The van der Waals surface area contributed by atoms with Crippen LogP contribution in [-0.2, 0) is 27.4 Å². The lowest BCUT2D eigenvalue weighted by atomic mass is 10.1. The molecule has 1 unspecified atom stereocenters. The Balaban J connectivity index is 1.63. The summed E-state index contributed by atoms with van der Waals surface area (Å²) in [5.74, 6) is -0.0217. The number of aryl methyl sites for hydroxylation is 1. The van der Waals surface area contributed by atoms with Crippen LogP contribution in [0.25, 0.3) is 10.6 Å². The van der Waals surface area contributed by atoms with Gasteiger partial charge in [0.25, 0.3) is 15.9 Å². The van der Waals surface area contributed by atoms with Gasteiger partial charge in [-0.2, -0.15) is 0 Å². The molecule has 2 heterocycles. The molecule has 0 spiro atoms. The zero-order chi connectivity index (χ0) is 21.5. The third-order valence-corrected chi connectivity index (χ3v) is 8.04. The fourth-order valence-electron chi connectivity index (χ4n) is 3.09. The van der Waals surface area contributed by atoms with Gasteiger partial charge in [0.05, 0.1) is 17.2 Å². The third-order valence-electron chi connectivity index (χ3n) is 4.53. The number of rotatable bonds is 5. The van der Waals surface area contributed by atoms with Crippen LogP contribution in [-0.4, -0.2) is 30.1 Å². The van der Waals surface area contributed by atoms with E-state index < -0.39 is 26.9 Å². The number of nitrogens with one attached hydrogen (secondary N) is 1. The van der Waals surface area contributed by atoms with Crippen molar-refractivity contribution in [3.63, 3.8) is 0 Å². The van der Waals surface area contributed by atoms with Gasteiger partial charge in [0, 0.05) is 12.0 Å². The number of hydrogen-bond donors (Lipinski definition) is 2. The lowest BCUT2D eigenvalue weighted by Gasteiger charge is -2.09. The minimum Gasteiger partial charge on any atom is -0.493 e. The molecule has 1 atom stereocenters. The summed E-state index contributed by atoms with van der Waals surface area (Å²) in [5.41, 5.74) is 2.31. The first kappa shape index (κ1) is 20.7. The van der Waals surface area contributed by atoms with Crippen molar-refractivity contribution in [3.05, 3.63) is 58.6 Å². The van der Waals surface area contributed by atoms with E-state index in [1.54, 1.807) is 6.92 Å². The van der Waals surface area contributed by atoms with E-state index in [2.05, 4.69) is 4.98 Å². The van der Waals surface area contributed by atoms with Crippen LogP contribution in [0.15, 0.2) is 52.3 Å². The Labute approximate surface area is 179 Å². The second-order valence-corrected chi connectivity index (χ2v) is 10.2. The number of aromatic nitrogens is 1. The second-order valence-electron chi connectivity index (χ2n) is 6.53. The highest BCUT2D eigenvalue weighted by Gasteiger charge is 2.26. The van der Waals surface area contributed by atoms with E-state index in [4.69, 9.17) is 9.88 Å². The van der Waals surface area contributed by atoms with E-state index in [9.17, 15) is 17.4 Å². The lowest BCUT2D eigenvalue weighted by molar-refractivity contribution is 0.0984. The highest BCUT2D eigenvalue weighted by molar-refractivity contribution is 7.91. The van der Waals surface area contributed by atoms with Crippen LogP contribution in [0.2, 0.25) is 0 Å². The summed E-state index contributed by atoms with van der Waals surface area (Å²) in [6.45, 7) is 2.27. The molecule has 4 rings (SSSR count). The first-order valence-electron chi connectivity index (χ1n) is 8.82. The molecule has 0 bridgehead atoms. The standard InChI is InChI=1S/C19H17N3O5S3/c1-11-17(28-19(21-11)13-7-6-12-8-9-27-14(12)10-13)18(23)22-30(25,26)16-5-3-2-4-15(16)29(20)24/h2-7,10H,8-9,20H2,1H3,(H,22,23). The Morgan fingerprint density at radius 3 is 2.80 bits per heavy atom. The number of thiazole rings is 1. The molecule has 0 fully saturated rings. The maximum atomic E-state index is 12.7. The van der Waals surface area contributed by atoms with Gasteiger partial charge in [-0.25, -0.2) is 27.5 Å². The first-order valence-corrected chi connectivity index (χ1v) is 12.3. The molecule has 1 amide bonds. The molecule has 0 radical (unpaired) electrons. The number of benzene rings is 2. The average Bonchev–Trinajstić information content (AvgIpc) is 3.33. The Morgan fingerprint density at radius 2 is 2.03 bits per heavy atom. The van der Waals surface area contributed by atoms with E-state index in [1.807, 2.05) is 22.9 Å². The Morgan fingerprint density at radius 1 is 1.27 bits per heavy atom. The van der Waals surface area contributed by atoms with Crippen LogP contribution in [0.4, 0.5) is 0 Å². The molecule has 156 valence electrons. The van der Waals surface area contributed by atoms with Crippen molar-refractivity contribution in [1.29, 1.82) is 0 Å². The monoisotopic (exact) mass is 463 g/mol. The Bertz CT molecular complexity index is 1280. The maximum Gasteiger partial charge on any atom is 0.277 e. The highest BCUT2D eigenvalue weighted by Crippen LogP contribution is 2.34. The molecule has 30 heavy (non-hydrogen) atoms.